The summed E-state index contributed by atoms with van der Waals surface area (Å²) in [6.07, 6.45) is 3.33. The fourth-order valence-electron chi connectivity index (χ4n) is 1.82. The highest BCUT2D eigenvalue weighted by Gasteiger charge is 2.16. The van der Waals surface area contributed by atoms with Crippen molar-refractivity contribution < 1.29 is 9.90 Å². The molecule has 1 aliphatic rings. The van der Waals surface area contributed by atoms with E-state index in [9.17, 15) is 4.79 Å². The first-order chi connectivity index (χ1) is 8.18. The highest BCUT2D eigenvalue weighted by atomic mass is 32.2. The van der Waals surface area contributed by atoms with Gasteiger partial charge in [-0.05, 0) is 12.8 Å². The van der Waals surface area contributed by atoms with Crippen molar-refractivity contribution in [3.05, 3.63) is 11.6 Å². The highest BCUT2D eigenvalue weighted by Crippen LogP contribution is 2.18. The molecule has 0 aliphatic carbocycles. The van der Waals surface area contributed by atoms with Crippen molar-refractivity contribution in [2.24, 2.45) is 5.73 Å². The molecule has 0 radical (unpaired) electrons. The molecule has 0 bridgehead atoms. The van der Waals surface area contributed by atoms with Gasteiger partial charge in [0.1, 0.15) is 17.7 Å². The Labute approximate surface area is 104 Å². The van der Waals surface area contributed by atoms with Gasteiger partial charge in [0.05, 0.1) is 5.75 Å². The minimum absolute atomic E-state index is 0.400. The van der Waals surface area contributed by atoms with E-state index in [1.165, 1.54) is 18.2 Å². The van der Waals surface area contributed by atoms with Crippen molar-refractivity contribution in [3.63, 3.8) is 0 Å². The first kappa shape index (κ1) is 12.4. The number of nitrogens with zero attached hydrogens (tertiary/aromatic N) is 3. The van der Waals surface area contributed by atoms with Crippen molar-refractivity contribution in [3.8, 4) is 0 Å². The highest BCUT2D eigenvalue weighted by molar-refractivity contribution is 7.98. The van der Waals surface area contributed by atoms with Gasteiger partial charge in [0, 0.05) is 18.7 Å². The second-order valence-electron chi connectivity index (χ2n) is 4.10. The van der Waals surface area contributed by atoms with Gasteiger partial charge >= 0.3 is 5.97 Å². The molecule has 1 atom stereocenters. The number of carbonyl (C=O) groups is 1. The first-order valence-corrected chi connectivity index (χ1v) is 6.81. The molecular formula is C10H16N4O2S. The topological polar surface area (TPSA) is 94.0 Å². The zero-order chi connectivity index (χ0) is 12.3. The molecule has 94 valence electrons. The number of aliphatic carboxylic acids is 1. The molecule has 0 fully saturated rings. The van der Waals surface area contributed by atoms with E-state index in [2.05, 4.69) is 14.8 Å². The quantitative estimate of drug-likeness (QED) is 0.784. The molecule has 2 rings (SSSR count). The smallest absolute Gasteiger partial charge is 0.321 e. The van der Waals surface area contributed by atoms with Crippen molar-refractivity contribution in [2.75, 3.05) is 5.75 Å². The molecule has 0 spiro atoms. The number of fused-ring (bicyclic) bond motifs is 1. The average molecular weight is 256 g/mol. The maximum absolute atomic E-state index is 10.6. The van der Waals surface area contributed by atoms with Crippen LogP contribution in [0.1, 0.15) is 24.5 Å². The molecular weight excluding hydrogens is 240 g/mol. The Balaban J connectivity index is 1.87. The zero-order valence-corrected chi connectivity index (χ0v) is 10.3. The van der Waals surface area contributed by atoms with Gasteiger partial charge in [-0.15, -0.1) is 10.2 Å². The molecule has 6 nitrogen and oxygen atoms in total. The molecule has 0 unspecified atom stereocenters. The third-order valence-corrected chi connectivity index (χ3v) is 3.84. The molecule has 0 aromatic carbocycles. The Morgan fingerprint density at radius 1 is 1.53 bits per heavy atom. The van der Waals surface area contributed by atoms with E-state index in [0.29, 0.717) is 11.5 Å². The van der Waals surface area contributed by atoms with Crippen LogP contribution < -0.4 is 5.73 Å². The molecule has 0 saturated heterocycles. The monoisotopic (exact) mass is 256 g/mol. The Kier molecular flexibility index (Phi) is 4.01. The second kappa shape index (κ2) is 5.50. The molecule has 0 saturated carbocycles. The lowest BCUT2D eigenvalue weighted by molar-refractivity contribution is -0.137. The molecule has 0 amide bonds. The summed E-state index contributed by atoms with van der Waals surface area (Å²) in [6, 6.07) is -0.802. The van der Waals surface area contributed by atoms with Crippen molar-refractivity contribution in [2.45, 2.75) is 37.6 Å². The second-order valence-corrected chi connectivity index (χ2v) is 5.13. The summed E-state index contributed by atoms with van der Waals surface area (Å²) in [6.45, 7) is 0.975. The summed E-state index contributed by atoms with van der Waals surface area (Å²) in [5.74, 6) is 2.10. The number of nitrogens with two attached hydrogens (primary N) is 1. The third-order valence-electron chi connectivity index (χ3n) is 2.78. The summed E-state index contributed by atoms with van der Waals surface area (Å²) in [7, 11) is 0. The molecule has 2 heterocycles. The number of aryl methyl sites for hydroxylation is 1. The predicted octanol–water partition coefficient (Wildman–Crippen LogP) is 0.259. The Hall–Kier alpha value is -1.08. The maximum atomic E-state index is 10.6. The Morgan fingerprint density at radius 3 is 3.12 bits per heavy atom. The van der Waals surface area contributed by atoms with Crippen LogP contribution in [0.15, 0.2) is 0 Å². The number of thioether (sulfide) groups is 1. The lowest BCUT2D eigenvalue weighted by Crippen LogP contribution is -2.32. The summed E-state index contributed by atoms with van der Waals surface area (Å²) < 4.78 is 2.14. The van der Waals surface area contributed by atoms with E-state index < -0.39 is 12.0 Å². The molecule has 7 heteroatoms. The summed E-state index contributed by atoms with van der Waals surface area (Å²) in [5.41, 5.74) is 5.43. The molecule has 1 aliphatic heterocycles. The lowest BCUT2D eigenvalue weighted by Gasteiger charge is -2.14. The van der Waals surface area contributed by atoms with Crippen LogP contribution in [0, 0.1) is 0 Å². The van der Waals surface area contributed by atoms with Gasteiger partial charge in [-0.3, -0.25) is 4.79 Å². The minimum Gasteiger partial charge on any atom is -0.480 e. The van der Waals surface area contributed by atoms with Gasteiger partial charge in [0.25, 0.3) is 0 Å². The van der Waals surface area contributed by atoms with Gasteiger partial charge in [0.2, 0.25) is 0 Å². The van der Waals surface area contributed by atoms with Gasteiger partial charge < -0.3 is 15.4 Å². The minimum atomic E-state index is -0.958. The van der Waals surface area contributed by atoms with E-state index >= 15 is 0 Å². The van der Waals surface area contributed by atoms with Crippen LogP contribution in [0.4, 0.5) is 0 Å². The van der Waals surface area contributed by atoms with E-state index in [4.69, 9.17) is 10.8 Å². The Bertz CT molecular complexity index is 407. The molecule has 3 N–H and O–H groups in total. The van der Waals surface area contributed by atoms with E-state index in [1.807, 2.05) is 0 Å². The van der Waals surface area contributed by atoms with Crippen LogP contribution in [-0.4, -0.2) is 37.6 Å². The van der Waals surface area contributed by atoms with Gasteiger partial charge in [-0.25, -0.2) is 0 Å². The summed E-state index contributed by atoms with van der Waals surface area (Å²) in [5, 5.41) is 16.9. The van der Waals surface area contributed by atoms with E-state index in [1.54, 1.807) is 0 Å². The van der Waals surface area contributed by atoms with Gasteiger partial charge in [0.15, 0.2) is 0 Å². The van der Waals surface area contributed by atoms with Crippen molar-refractivity contribution in [1.82, 2.24) is 14.8 Å². The van der Waals surface area contributed by atoms with Crippen LogP contribution in [0.3, 0.4) is 0 Å². The van der Waals surface area contributed by atoms with Crippen molar-refractivity contribution in [1.29, 1.82) is 0 Å². The largest absolute Gasteiger partial charge is 0.480 e. The number of carboxylic acid groups (broad SMARTS) is 1. The standard InChI is InChI=1S/C10H16N4O2S/c11-7(10(15)16)5-17-6-9-13-12-8-3-1-2-4-14(8)9/h7H,1-6,11H2,(H,15,16)/t7-/m0/s1. The SMILES string of the molecule is N[C@@H](CSCc1nnc2n1CCCC2)C(=O)O. The lowest BCUT2D eigenvalue weighted by atomic mass is 10.2. The van der Waals surface area contributed by atoms with Crippen LogP contribution in [0.25, 0.3) is 0 Å². The van der Waals surface area contributed by atoms with Crippen molar-refractivity contribution >= 4 is 17.7 Å². The predicted molar refractivity (Wildman–Crippen MR) is 64.7 cm³/mol. The maximum Gasteiger partial charge on any atom is 0.321 e. The van der Waals surface area contributed by atoms with Gasteiger partial charge in [-0.2, -0.15) is 11.8 Å². The van der Waals surface area contributed by atoms with Crippen LogP contribution >= 0.6 is 11.8 Å². The number of hydrogen-bond acceptors (Lipinski definition) is 5. The molecule has 1 aromatic rings. The van der Waals surface area contributed by atoms with Gasteiger partial charge in [-0.1, -0.05) is 0 Å². The first-order valence-electron chi connectivity index (χ1n) is 5.65. The summed E-state index contributed by atoms with van der Waals surface area (Å²) >= 11 is 1.49. The normalized spacial score (nSPS) is 16.5. The average Bonchev–Trinajstić information content (AvgIpc) is 2.72. The van der Waals surface area contributed by atoms with Crippen LogP contribution in [0.5, 0.6) is 0 Å². The van der Waals surface area contributed by atoms with E-state index in [0.717, 1.165) is 31.0 Å². The fraction of sp³-hybridized carbons (Fsp3) is 0.700. The third kappa shape index (κ3) is 2.98. The molecule has 17 heavy (non-hydrogen) atoms. The number of rotatable bonds is 5. The Morgan fingerprint density at radius 2 is 2.35 bits per heavy atom. The van der Waals surface area contributed by atoms with E-state index in [-0.39, 0.29) is 0 Å². The number of aromatic nitrogens is 3. The zero-order valence-electron chi connectivity index (χ0n) is 9.50. The van der Waals surface area contributed by atoms with Crippen LogP contribution in [-0.2, 0) is 23.5 Å². The number of hydrogen-bond donors (Lipinski definition) is 2. The van der Waals surface area contributed by atoms with Crippen LogP contribution in [0.2, 0.25) is 0 Å². The fourth-order valence-corrected chi connectivity index (χ4v) is 2.73. The molecule has 1 aromatic heterocycles. The number of carboxylic acids is 1. The summed E-state index contributed by atoms with van der Waals surface area (Å²) in [4.78, 5) is 10.6.